The van der Waals surface area contributed by atoms with Crippen LogP contribution in [0.25, 0.3) is 0 Å². The molecule has 5 nitrogen and oxygen atoms in total. The van der Waals surface area contributed by atoms with Crippen molar-refractivity contribution >= 4 is 51.0 Å². The summed E-state index contributed by atoms with van der Waals surface area (Å²) in [5, 5.41) is 8.20. The van der Waals surface area contributed by atoms with Gasteiger partial charge in [-0.05, 0) is 52.0 Å². The molecule has 0 aliphatic heterocycles. The summed E-state index contributed by atoms with van der Waals surface area (Å²) in [5.41, 5.74) is 3.79. The number of thiophene rings is 1. The summed E-state index contributed by atoms with van der Waals surface area (Å²) in [4.78, 5) is 24.3. The number of halogens is 1. The number of carbonyl (C=O) groups is 2. The number of anilines is 1. The van der Waals surface area contributed by atoms with Crippen molar-refractivity contribution in [3.8, 4) is 0 Å². The number of amides is 2. The van der Waals surface area contributed by atoms with Gasteiger partial charge in [-0.3, -0.25) is 9.59 Å². The highest BCUT2D eigenvalue weighted by Gasteiger charge is 2.13. The fourth-order valence-corrected chi connectivity index (χ4v) is 2.63. The molecule has 0 unspecified atom stereocenters. The van der Waals surface area contributed by atoms with Crippen LogP contribution in [-0.4, -0.2) is 18.0 Å². The molecule has 7 heteroatoms. The molecule has 2 aromatic rings. The van der Waals surface area contributed by atoms with Crippen LogP contribution in [0.4, 0.5) is 5.69 Å². The third-order valence-corrected chi connectivity index (χ3v) is 4.22. The third kappa shape index (κ3) is 4.24. The van der Waals surface area contributed by atoms with E-state index in [0.29, 0.717) is 10.2 Å². The number of para-hydroxylation sites is 1. The molecule has 2 rings (SSSR count). The first-order valence-electron chi connectivity index (χ1n) is 6.01. The van der Waals surface area contributed by atoms with E-state index >= 15 is 0 Å². The summed E-state index contributed by atoms with van der Waals surface area (Å²) >= 11 is 4.79. The summed E-state index contributed by atoms with van der Waals surface area (Å²) in [6.07, 6.45) is 1.52. The maximum Gasteiger partial charge on any atom is 0.329 e. The Morgan fingerprint density at radius 3 is 2.67 bits per heavy atom. The van der Waals surface area contributed by atoms with Crippen LogP contribution < -0.4 is 10.7 Å². The van der Waals surface area contributed by atoms with E-state index in [9.17, 15) is 9.59 Å². The topological polar surface area (TPSA) is 70.6 Å². The van der Waals surface area contributed by atoms with Gasteiger partial charge in [0.15, 0.2) is 0 Å². The highest BCUT2D eigenvalue weighted by Crippen LogP contribution is 2.20. The maximum atomic E-state index is 11.7. The second-order valence-electron chi connectivity index (χ2n) is 4.10. The monoisotopic (exact) mass is 365 g/mol. The molecule has 0 bridgehead atoms. The highest BCUT2D eigenvalue weighted by atomic mass is 79.9. The second kappa shape index (κ2) is 7.14. The predicted octanol–water partition coefficient (Wildman–Crippen LogP) is 2.91. The quantitative estimate of drug-likeness (QED) is 0.498. The first-order chi connectivity index (χ1) is 10.1. The van der Waals surface area contributed by atoms with Crippen LogP contribution in [0.15, 0.2) is 45.3 Å². The van der Waals surface area contributed by atoms with Crippen molar-refractivity contribution in [1.82, 2.24) is 5.43 Å². The van der Waals surface area contributed by atoms with Gasteiger partial charge < -0.3 is 5.32 Å². The molecule has 0 radical (unpaired) electrons. The van der Waals surface area contributed by atoms with Crippen LogP contribution in [0.2, 0.25) is 0 Å². The minimum absolute atomic E-state index is 0.524. The number of carbonyl (C=O) groups excluding carboxylic acids is 2. The number of hydrazone groups is 1. The number of aryl methyl sites for hydroxylation is 1. The fraction of sp³-hybridized carbons (Fsp3) is 0.0714. The van der Waals surface area contributed by atoms with Gasteiger partial charge in [0.05, 0.1) is 11.9 Å². The number of hydrogen-bond acceptors (Lipinski definition) is 4. The lowest BCUT2D eigenvalue weighted by molar-refractivity contribution is -0.136. The molecular weight excluding hydrogens is 354 g/mol. The van der Waals surface area contributed by atoms with Crippen LogP contribution in [-0.2, 0) is 9.59 Å². The summed E-state index contributed by atoms with van der Waals surface area (Å²) in [6.45, 7) is 1.94. The van der Waals surface area contributed by atoms with Gasteiger partial charge >= 0.3 is 11.8 Å². The summed E-state index contributed by atoms with van der Waals surface area (Å²) in [6, 6.07) is 8.98. The molecule has 1 aromatic heterocycles. The molecule has 1 heterocycles. The number of benzene rings is 1. The zero-order valence-electron chi connectivity index (χ0n) is 11.1. The standard InChI is InChI=1S/C14H12BrN3O2S/c1-9-6-7-21-12(9)8-16-18-14(20)13(19)17-11-5-3-2-4-10(11)15/h2-8H,1H3,(H,17,19)(H,18,20)/b16-8-. The van der Waals surface area contributed by atoms with E-state index in [1.54, 1.807) is 18.2 Å². The lowest BCUT2D eigenvalue weighted by Crippen LogP contribution is -2.32. The minimum Gasteiger partial charge on any atom is -0.317 e. The van der Waals surface area contributed by atoms with Crippen LogP contribution in [0.1, 0.15) is 10.4 Å². The fourth-order valence-electron chi connectivity index (χ4n) is 1.46. The smallest absolute Gasteiger partial charge is 0.317 e. The number of hydrogen-bond donors (Lipinski definition) is 2. The van der Waals surface area contributed by atoms with Gasteiger partial charge in [-0.2, -0.15) is 5.10 Å². The Kier molecular flexibility index (Phi) is 5.24. The van der Waals surface area contributed by atoms with Crippen LogP contribution >= 0.6 is 27.3 Å². The van der Waals surface area contributed by atoms with Gasteiger partial charge in [0.2, 0.25) is 0 Å². The number of rotatable bonds is 3. The minimum atomic E-state index is -0.823. The molecule has 0 saturated carbocycles. The lowest BCUT2D eigenvalue weighted by atomic mass is 10.3. The summed E-state index contributed by atoms with van der Waals surface area (Å²) in [5.74, 6) is -1.60. The van der Waals surface area contributed by atoms with E-state index in [1.165, 1.54) is 17.6 Å². The molecule has 0 fully saturated rings. The van der Waals surface area contributed by atoms with Gasteiger partial charge in [-0.1, -0.05) is 12.1 Å². The Labute approximate surface area is 134 Å². The van der Waals surface area contributed by atoms with Crippen molar-refractivity contribution in [2.75, 3.05) is 5.32 Å². The molecule has 1 aromatic carbocycles. The number of nitrogens with one attached hydrogen (secondary N) is 2. The molecule has 0 aliphatic rings. The van der Waals surface area contributed by atoms with Crippen molar-refractivity contribution in [1.29, 1.82) is 0 Å². The van der Waals surface area contributed by atoms with E-state index in [0.717, 1.165) is 10.4 Å². The van der Waals surface area contributed by atoms with Gasteiger partial charge in [0, 0.05) is 9.35 Å². The van der Waals surface area contributed by atoms with Crippen molar-refractivity contribution in [2.24, 2.45) is 5.10 Å². The largest absolute Gasteiger partial charge is 0.329 e. The molecule has 0 aliphatic carbocycles. The van der Waals surface area contributed by atoms with Crippen molar-refractivity contribution < 1.29 is 9.59 Å². The Balaban J connectivity index is 1.92. The van der Waals surface area contributed by atoms with E-state index in [2.05, 4.69) is 31.8 Å². The predicted molar refractivity (Wildman–Crippen MR) is 87.6 cm³/mol. The Morgan fingerprint density at radius 1 is 1.24 bits per heavy atom. The first kappa shape index (κ1) is 15.4. The first-order valence-corrected chi connectivity index (χ1v) is 7.68. The molecule has 2 N–H and O–H groups in total. The average Bonchev–Trinajstić information content (AvgIpc) is 2.87. The van der Waals surface area contributed by atoms with Gasteiger partial charge in [0.25, 0.3) is 0 Å². The molecule has 108 valence electrons. The molecule has 0 atom stereocenters. The van der Waals surface area contributed by atoms with Crippen molar-refractivity contribution in [3.63, 3.8) is 0 Å². The van der Waals surface area contributed by atoms with E-state index in [-0.39, 0.29) is 0 Å². The van der Waals surface area contributed by atoms with Crippen LogP contribution in [0, 0.1) is 6.92 Å². The highest BCUT2D eigenvalue weighted by molar-refractivity contribution is 9.10. The van der Waals surface area contributed by atoms with E-state index in [4.69, 9.17) is 0 Å². The molecule has 0 saturated heterocycles. The lowest BCUT2D eigenvalue weighted by Gasteiger charge is -2.05. The zero-order valence-corrected chi connectivity index (χ0v) is 13.5. The second-order valence-corrected chi connectivity index (χ2v) is 5.90. The normalized spacial score (nSPS) is 10.6. The Bertz CT molecular complexity index is 697. The zero-order chi connectivity index (χ0) is 15.2. The molecule has 2 amide bonds. The van der Waals surface area contributed by atoms with Gasteiger partial charge in [0.1, 0.15) is 0 Å². The van der Waals surface area contributed by atoms with E-state index < -0.39 is 11.8 Å². The van der Waals surface area contributed by atoms with E-state index in [1.807, 2.05) is 24.4 Å². The molecule has 21 heavy (non-hydrogen) atoms. The van der Waals surface area contributed by atoms with Crippen molar-refractivity contribution in [2.45, 2.75) is 6.92 Å². The maximum absolute atomic E-state index is 11.7. The average molecular weight is 366 g/mol. The number of nitrogens with zero attached hydrogens (tertiary/aromatic N) is 1. The van der Waals surface area contributed by atoms with Gasteiger partial charge in [-0.25, -0.2) is 5.43 Å². The van der Waals surface area contributed by atoms with Crippen LogP contribution in [0.5, 0.6) is 0 Å². The van der Waals surface area contributed by atoms with Crippen molar-refractivity contribution in [3.05, 3.63) is 50.6 Å². The third-order valence-electron chi connectivity index (χ3n) is 2.58. The molecule has 0 spiro atoms. The SMILES string of the molecule is Cc1ccsc1/C=N\NC(=O)C(=O)Nc1ccccc1Br. The summed E-state index contributed by atoms with van der Waals surface area (Å²) in [7, 11) is 0. The van der Waals surface area contributed by atoms with Gasteiger partial charge in [-0.15, -0.1) is 11.3 Å². The Hall–Kier alpha value is -1.99. The van der Waals surface area contributed by atoms with Crippen LogP contribution in [0.3, 0.4) is 0 Å². The Morgan fingerprint density at radius 2 is 2.00 bits per heavy atom. The molecular formula is C14H12BrN3O2S. The summed E-state index contributed by atoms with van der Waals surface area (Å²) < 4.78 is 0.698.